The number of sulfone groups is 1. The van der Waals surface area contributed by atoms with Gasteiger partial charge in [0.2, 0.25) is 0 Å². The van der Waals surface area contributed by atoms with E-state index in [1.807, 2.05) is 6.07 Å². The number of rotatable bonds is 4. The van der Waals surface area contributed by atoms with Crippen LogP contribution in [-0.4, -0.2) is 63.6 Å². The fourth-order valence-electron chi connectivity index (χ4n) is 3.28. The summed E-state index contributed by atoms with van der Waals surface area (Å²) in [4.78, 5) is 29.0. The van der Waals surface area contributed by atoms with E-state index in [2.05, 4.69) is 25.8 Å². The highest BCUT2D eigenvalue weighted by Crippen LogP contribution is 2.18. The van der Waals surface area contributed by atoms with Crippen LogP contribution >= 0.6 is 0 Å². The zero-order valence-electron chi connectivity index (χ0n) is 14.9. The third kappa shape index (κ3) is 3.48. The molecule has 3 N–H and O–H groups in total. The highest BCUT2D eigenvalue weighted by atomic mass is 32.2. The molecule has 1 aliphatic heterocycles. The monoisotopic (exact) mass is 402 g/mol. The molecule has 3 aromatic rings. The Morgan fingerprint density at radius 2 is 1.82 bits per heavy atom. The van der Waals surface area contributed by atoms with Gasteiger partial charge >= 0.3 is 0 Å². The molecule has 2 aromatic heterocycles. The second-order valence-corrected chi connectivity index (χ2v) is 8.93. The number of aryl methyl sites for hydroxylation is 1. The number of hydrogen-bond donors (Lipinski definition) is 3. The summed E-state index contributed by atoms with van der Waals surface area (Å²) in [5.74, 6) is -1.50. The van der Waals surface area contributed by atoms with Crippen molar-refractivity contribution in [3.63, 3.8) is 0 Å². The number of nitrogens with zero attached hydrogens (tertiary/aromatic N) is 3. The Labute approximate surface area is 160 Å². The minimum atomic E-state index is -3.41. The third-order valence-electron chi connectivity index (χ3n) is 4.61. The molecular formula is C17H18N6O4S. The van der Waals surface area contributed by atoms with E-state index >= 15 is 0 Å². The molecule has 0 aliphatic carbocycles. The molecule has 1 aliphatic rings. The molecule has 0 spiro atoms. The number of aromatic nitrogens is 4. The Morgan fingerprint density at radius 3 is 2.50 bits per heavy atom. The van der Waals surface area contributed by atoms with E-state index in [1.54, 1.807) is 29.8 Å². The lowest BCUT2D eigenvalue weighted by atomic mass is 10.1. The SMILES string of the molecule is Cn1cnc(C(=O)N[C@@H]2CS(=O)(=O)C[C@H]2NC(=O)c2n[nH]c3ccccc23)c1. The predicted octanol–water partition coefficient (Wildman–Crippen LogP) is -0.378. The van der Waals surface area contributed by atoms with Crippen molar-refractivity contribution in [1.82, 2.24) is 30.4 Å². The van der Waals surface area contributed by atoms with Gasteiger partial charge in [0, 0.05) is 18.6 Å². The number of hydrogen-bond acceptors (Lipinski definition) is 6. The molecule has 28 heavy (non-hydrogen) atoms. The van der Waals surface area contributed by atoms with Gasteiger partial charge in [0.05, 0.1) is 35.4 Å². The van der Waals surface area contributed by atoms with Gasteiger partial charge in [-0.1, -0.05) is 18.2 Å². The molecule has 1 fully saturated rings. The summed E-state index contributed by atoms with van der Waals surface area (Å²) in [5, 5.41) is 12.8. The molecule has 10 nitrogen and oxygen atoms in total. The van der Waals surface area contributed by atoms with Crippen LogP contribution in [0, 0.1) is 0 Å². The van der Waals surface area contributed by atoms with E-state index in [-0.39, 0.29) is 22.9 Å². The van der Waals surface area contributed by atoms with E-state index in [0.29, 0.717) is 10.9 Å². The van der Waals surface area contributed by atoms with Crippen LogP contribution in [0.3, 0.4) is 0 Å². The minimum Gasteiger partial charge on any atom is -0.345 e. The van der Waals surface area contributed by atoms with Crippen LogP contribution in [0.15, 0.2) is 36.8 Å². The molecule has 2 amide bonds. The largest absolute Gasteiger partial charge is 0.345 e. The maximum Gasteiger partial charge on any atom is 0.272 e. The van der Waals surface area contributed by atoms with Crippen LogP contribution in [-0.2, 0) is 16.9 Å². The number of aromatic amines is 1. The molecule has 146 valence electrons. The molecule has 0 unspecified atom stereocenters. The average molecular weight is 402 g/mol. The quantitative estimate of drug-likeness (QED) is 0.544. The summed E-state index contributed by atoms with van der Waals surface area (Å²) in [5.41, 5.74) is 1.05. The van der Waals surface area contributed by atoms with E-state index < -0.39 is 33.7 Å². The van der Waals surface area contributed by atoms with E-state index in [0.717, 1.165) is 0 Å². The number of amides is 2. The number of fused-ring (bicyclic) bond motifs is 1. The first-order valence-electron chi connectivity index (χ1n) is 8.55. The van der Waals surface area contributed by atoms with Gasteiger partial charge in [0.15, 0.2) is 15.5 Å². The lowest BCUT2D eigenvalue weighted by molar-refractivity contribution is 0.0892. The number of carbonyl (C=O) groups excluding carboxylic acids is 2. The molecule has 0 bridgehead atoms. The maximum absolute atomic E-state index is 12.7. The lowest BCUT2D eigenvalue weighted by Gasteiger charge is -2.20. The van der Waals surface area contributed by atoms with Crippen molar-refractivity contribution in [3.8, 4) is 0 Å². The van der Waals surface area contributed by atoms with Crippen molar-refractivity contribution in [2.45, 2.75) is 12.1 Å². The maximum atomic E-state index is 12.7. The van der Waals surface area contributed by atoms with Crippen LogP contribution in [0.5, 0.6) is 0 Å². The van der Waals surface area contributed by atoms with E-state index in [4.69, 9.17) is 0 Å². The summed E-state index contributed by atoms with van der Waals surface area (Å²) in [6.07, 6.45) is 3.00. The van der Waals surface area contributed by atoms with Gasteiger partial charge in [-0.2, -0.15) is 5.10 Å². The van der Waals surface area contributed by atoms with Crippen LogP contribution in [0.1, 0.15) is 21.0 Å². The predicted molar refractivity (Wildman–Crippen MR) is 100 cm³/mol. The van der Waals surface area contributed by atoms with Crippen molar-refractivity contribution < 1.29 is 18.0 Å². The van der Waals surface area contributed by atoms with Gasteiger partial charge in [-0.3, -0.25) is 14.7 Å². The molecule has 3 heterocycles. The molecular weight excluding hydrogens is 384 g/mol. The number of nitrogens with one attached hydrogen (secondary N) is 3. The standard InChI is InChI=1S/C17H18N6O4S/c1-23-6-12(18-9-23)16(24)19-13-7-28(26,27)8-14(13)20-17(25)15-10-4-2-3-5-11(10)21-22-15/h2-6,9,13-14H,7-8H2,1H3,(H,19,24)(H,20,25)(H,21,22)/t13-,14-/m1/s1. The third-order valence-corrected chi connectivity index (χ3v) is 6.34. The Kier molecular flexibility index (Phi) is 4.38. The zero-order valence-corrected chi connectivity index (χ0v) is 15.7. The van der Waals surface area contributed by atoms with Crippen molar-refractivity contribution in [2.75, 3.05) is 11.5 Å². The highest BCUT2D eigenvalue weighted by molar-refractivity contribution is 7.91. The molecule has 1 aromatic carbocycles. The summed E-state index contributed by atoms with van der Waals surface area (Å²) in [7, 11) is -1.68. The second kappa shape index (κ2) is 6.75. The fraction of sp³-hybridized carbons (Fsp3) is 0.294. The number of carbonyl (C=O) groups is 2. The summed E-state index contributed by atoms with van der Waals surface area (Å²) in [6, 6.07) is 5.61. The summed E-state index contributed by atoms with van der Waals surface area (Å²) in [6.45, 7) is 0. The summed E-state index contributed by atoms with van der Waals surface area (Å²) < 4.78 is 25.8. The minimum absolute atomic E-state index is 0.176. The molecule has 0 radical (unpaired) electrons. The van der Waals surface area contributed by atoms with Gasteiger partial charge in [-0.25, -0.2) is 13.4 Å². The van der Waals surface area contributed by atoms with Crippen LogP contribution in [0.2, 0.25) is 0 Å². The lowest BCUT2D eigenvalue weighted by Crippen LogP contribution is -2.51. The number of H-pyrrole nitrogens is 1. The topological polar surface area (TPSA) is 139 Å². The molecule has 1 saturated heterocycles. The van der Waals surface area contributed by atoms with Gasteiger partial charge in [-0.05, 0) is 6.07 Å². The van der Waals surface area contributed by atoms with Crippen LogP contribution in [0.4, 0.5) is 0 Å². The van der Waals surface area contributed by atoms with Gasteiger partial charge in [-0.15, -0.1) is 0 Å². The number of para-hydroxylation sites is 1. The summed E-state index contributed by atoms with van der Waals surface area (Å²) >= 11 is 0. The fourth-order valence-corrected chi connectivity index (χ4v) is 5.14. The number of imidazole rings is 1. The van der Waals surface area contributed by atoms with Crippen molar-refractivity contribution in [2.24, 2.45) is 7.05 Å². The van der Waals surface area contributed by atoms with Crippen LogP contribution < -0.4 is 10.6 Å². The first-order chi connectivity index (χ1) is 13.3. The van der Waals surface area contributed by atoms with E-state index in [1.165, 1.54) is 12.5 Å². The smallest absolute Gasteiger partial charge is 0.272 e. The zero-order chi connectivity index (χ0) is 19.9. The Balaban J connectivity index is 1.53. The first kappa shape index (κ1) is 18.2. The van der Waals surface area contributed by atoms with Crippen molar-refractivity contribution in [3.05, 3.63) is 48.2 Å². The molecule has 4 rings (SSSR count). The second-order valence-electron chi connectivity index (χ2n) is 6.78. The Bertz CT molecular complexity index is 1170. The Hall–Kier alpha value is -3.21. The van der Waals surface area contributed by atoms with Gasteiger partial charge in [0.1, 0.15) is 5.69 Å². The van der Waals surface area contributed by atoms with Crippen molar-refractivity contribution >= 4 is 32.6 Å². The van der Waals surface area contributed by atoms with Gasteiger partial charge in [0.25, 0.3) is 11.8 Å². The molecule has 0 saturated carbocycles. The average Bonchev–Trinajstić information content (AvgIpc) is 3.32. The normalized spacial score (nSPS) is 20.9. The molecule has 2 atom stereocenters. The molecule has 11 heteroatoms. The highest BCUT2D eigenvalue weighted by Gasteiger charge is 2.40. The number of benzene rings is 1. The van der Waals surface area contributed by atoms with Gasteiger partial charge < -0.3 is 15.2 Å². The Morgan fingerprint density at radius 1 is 1.14 bits per heavy atom. The van der Waals surface area contributed by atoms with Crippen molar-refractivity contribution in [1.29, 1.82) is 0 Å². The first-order valence-corrected chi connectivity index (χ1v) is 10.4. The van der Waals surface area contributed by atoms with Crippen LogP contribution in [0.25, 0.3) is 10.9 Å². The van der Waals surface area contributed by atoms with E-state index in [9.17, 15) is 18.0 Å².